The predicted octanol–water partition coefficient (Wildman–Crippen LogP) is 3.69. The van der Waals surface area contributed by atoms with Crippen LogP contribution in [0.15, 0.2) is 35.5 Å². The molecule has 3 aromatic rings. The minimum absolute atomic E-state index is 0.935. The van der Waals surface area contributed by atoms with E-state index in [1.54, 1.807) is 11.8 Å². The van der Waals surface area contributed by atoms with Crippen molar-refractivity contribution in [1.82, 2.24) is 14.6 Å². The lowest BCUT2D eigenvalue weighted by molar-refractivity contribution is 0.936. The molecule has 0 aliphatic rings. The van der Waals surface area contributed by atoms with Gasteiger partial charge in [0, 0.05) is 11.1 Å². The maximum absolute atomic E-state index is 4.30. The van der Waals surface area contributed by atoms with Crippen molar-refractivity contribution in [3.63, 3.8) is 0 Å². The number of thioether (sulfide) groups is 1. The molecule has 3 nitrogen and oxygen atoms in total. The SMILES string of the molecule is CCCSc1nnc2cc(C)c3ccccc3n12. The highest BCUT2D eigenvalue weighted by Gasteiger charge is 2.10. The summed E-state index contributed by atoms with van der Waals surface area (Å²) in [5.41, 5.74) is 3.37. The van der Waals surface area contributed by atoms with Crippen LogP contribution < -0.4 is 0 Å². The van der Waals surface area contributed by atoms with Gasteiger partial charge in [-0.3, -0.25) is 4.40 Å². The van der Waals surface area contributed by atoms with Gasteiger partial charge < -0.3 is 0 Å². The molecule has 0 saturated heterocycles. The summed E-state index contributed by atoms with van der Waals surface area (Å²) in [6.07, 6.45) is 1.14. The van der Waals surface area contributed by atoms with Crippen molar-refractivity contribution < 1.29 is 0 Å². The van der Waals surface area contributed by atoms with Gasteiger partial charge in [-0.2, -0.15) is 0 Å². The molecule has 0 aliphatic carbocycles. The molecule has 4 heteroatoms. The van der Waals surface area contributed by atoms with E-state index in [1.807, 2.05) is 0 Å². The first-order chi connectivity index (χ1) is 8.81. The van der Waals surface area contributed by atoms with Crippen LogP contribution in [0, 0.1) is 6.92 Å². The molecule has 0 saturated carbocycles. The van der Waals surface area contributed by atoms with Gasteiger partial charge in [0.25, 0.3) is 0 Å². The second kappa shape index (κ2) is 4.61. The molecular weight excluding hydrogens is 242 g/mol. The van der Waals surface area contributed by atoms with Gasteiger partial charge in [0.15, 0.2) is 10.8 Å². The van der Waals surface area contributed by atoms with E-state index >= 15 is 0 Å². The van der Waals surface area contributed by atoms with Crippen LogP contribution in [0.3, 0.4) is 0 Å². The number of para-hydroxylation sites is 1. The highest BCUT2D eigenvalue weighted by atomic mass is 32.2. The standard InChI is InChI=1S/C14H15N3S/c1-3-8-18-14-16-15-13-9-10(2)11-6-4-5-7-12(11)17(13)14/h4-7,9H,3,8H2,1-2H3. The van der Waals surface area contributed by atoms with Gasteiger partial charge in [-0.05, 0) is 31.0 Å². The molecule has 92 valence electrons. The normalized spacial score (nSPS) is 11.4. The first-order valence-corrected chi connectivity index (χ1v) is 7.16. The number of fused-ring (bicyclic) bond motifs is 3. The molecular formula is C14H15N3S. The molecule has 0 fully saturated rings. The lowest BCUT2D eigenvalue weighted by Gasteiger charge is -2.06. The first kappa shape index (κ1) is 11.5. The average Bonchev–Trinajstić information content (AvgIpc) is 2.80. The summed E-state index contributed by atoms with van der Waals surface area (Å²) < 4.78 is 2.16. The van der Waals surface area contributed by atoms with Crippen LogP contribution in [-0.4, -0.2) is 20.4 Å². The van der Waals surface area contributed by atoms with E-state index in [1.165, 1.54) is 16.5 Å². The summed E-state index contributed by atoms with van der Waals surface area (Å²) in [4.78, 5) is 0. The topological polar surface area (TPSA) is 30.2 Å². The van der Waals surface area contributed by atoms with Crippen LogP contribution in [-0.2, 0) is 0 Å². The molecule has 0 bridgehead atoms. The van der Waals surface area contributed by atoms with E-state index in [0.717, 1.165) is 23.0 Å². The van der Waals surface area contributed by atoms with Gasteiger partial charge in [0.05, 0.1) is 5.52 Å². The third-order valence-corrected chi connectivity index (χ3v) is 4.14. The maximum atomic E-state index is 4.30. The molecule has 0 N–H and O–H groups in total. The maximum Gasteiger partial charge on any atom is 0.196 e. The number of aryl methyl sites for hydroxylation is 1. The number of hydrogen-bond donors (Lipinski definition) is 0. The monoisotopic (exact) mass is 257 g/mol. The van der Waals surface area contributed by atoms with Crippen molar-refractivity contribution >= 4 is 28.3 Å². The van der Waals surface area contributed by atoms with Gasteiger partial charge in [-0.15, -0.1) is 10.2 Å². The summed E-state index contributed by atoms with van der Waals surface area (Å²) in [6, 6.07) is 10.5. The Bertz CT molecular complexity index is 703. The van der Waals surface area contributed by atoms with Crippen molar-refractivity contribution in [2.45, 2.75) is 25.4 Å². The molecule has 0 atom stereocenters. The molecule has 0 unspecified atom stereocenters. The van der Waals surface area contributed by atoms with Crippen LogP contribution in [0.5, 0.6) is 0 Å². The van der Waals surface area contributed by atoms with E-state index < -0.39 is 0 Å². The minimum atomic E-state index is 0.935. The molecule has 0 spiro atoms. The van der Waals surface area contributed by atoms with Gasteiger partial charge in [0.2, 0.25) is 0 Å². The van der Waals surface area contributed by atoms with Crippen LogP contribution >= 0.6 is 11.8 Å². The van der Waals surface area contributed by atoms with Gasteiger partial charge >= 0.3 is 0 Å². The number of hydrogen-bond acceptors (Lipinski definition) is 3. The van der Waals surface area contributed by atoms with Crippen molar-refractivity contribution in [1.29, 1.82) is 0 Å². The van der Waals surface area contributed by atoms with Crippen LogP contribution in [0.4, 0.5) is 0 Å². The summed E-state index contributed by atoms with van der Waals surface area (Å²) in [7, 11) is 0. The summed E-state index contributed by atoms with van der Waals surface area (Å²) >= 11 is 1.77. The Morgan fingerprint density at radius 2 is 2.06 bits per heavy atom. The molecule has 1 aromatic carbocycles. The number of rotatable bonds is 3. The second-order valence-electron chi connectivity index (χ2n) is 4.37. The molecule has 2 aromatic heterocycles. The predicted molar refractivity (Wildman–Crippen MR) is 76.2 cm³/mol. The van der Waals surface area contributed by atoms with Gasteiger partial charge in [-0.25, -0.2) is 0 Å². The van der Waals surface area contributed by atoms with E-state index in [4.69, 9.17) is 0 Å². The summed E-state index contributed by atoms with van der Waals surface area (Å²) in [5.74, 6) is 1.07. The zero-order valence-electron chi connectivity index (χ0n) is 10.6. The third-order valence-electron chi connectivity index (χ3n) is 3.01. The molecule has 0 aliphatic heterocycles. The smallest absolute Gasteiger partial charge is 0.196 e. The zero-order chi connectivity index (χ0) is 12.5. The fourth-order valence-electron chi connectivity index (χ4n) is 2.16. The minimum Gasteiger partial charge on any atom is -0.270 e. The highest BCUT2D eigenvalue weighted by molar-refractivity contribution is 7.99. The Kier molecular flexibility index (Phi) is 2.96. The Balaban J connectivity index is 2.32. The Labute approximate surface area is 110 Å². The fraction of sp³-hybridized carbons (Fsp3) is 0.286. The Hall–Kier alpha value is -1.55. The highest BCUT2D eigenvalue weighted by Crippen LogP contribution is 2.25. The Morgan fingerprint density at radius 1 is 1.22 bits per heavy atom. The molecule has 0 amide bonds. The largest absolute Gasteiger partial charge is 0.270 e. The zero-order valence-corrected chi connectivity index (χ0v) is 11.4. The van der Waals surface area contributed by atoms with Crippen molar-refractivity contribution in [2.24, 2.45) is 0 Å². The van der Waals surface area contributed by atoms with Crippen molar-refractivity contribution in [2.75, 3.05) is 5.75 Å². The quantitative estimate of drug-likeness (QED) is 0.670. The first-order valence-electron chi connectivity index (χ1n) is 6.17. The third kappa shape index (κ3) is 1.77. The molecule has 2 heterocycles. The van der Waals surface area contributed by atoms with Gasteiger partial charge in [-0.1, -0.05) is 36.9 Å². The van der Waals surface area contributed by atoms with Gasteiger partial charge in [0.1, 0.15) is 0 Å². The summed E-state index contributed by atoms with van der Waals surface area (Å²) in [6.45, 7) is 4.30. The van der Waals surface area contributed by atoms with E-state index in [9.17, 15) is 0 Å². The van der Waals surface area contributed by atoms with Crippen LogP contribution in [0.1, 0.15) is 18.9 Å². The van der Waals surface area contributed by atoms with Crippen molar-refractivity contribution in [3.8, 4) is 0 Å². The lowest BCUT2D eigenvalue weighted by Crippen LogP contribution is -1.93. The fourth-order valence-corrected chi connectivity index (χ4v) is 2.97. The number of aromatic nitrogens is 3. The Morgan fingerprint density at radius 3 is 2.89 bits per heavy atom. The molecule has 3 rings (SSSR count). The van der Waals surface area contributed by atoms with Crippen LogP contribution in [0.25, 0.3) is 16.6 Å². The summed E-state index contributed by atoms with van der Waals surface area (Å²) in [5, 5.41) is 10.8. The van der Waals surface area contributed by atoms with Crippen LogP contribution in [0.2, 0.25) is 0 Å². The number of nitrogens with zero attached hydrogens (tertiary/aromatic N) is 3. The average molecular weight is 257 g/mol. The number of benzene rings is 1. The molecule has 18 heavy (non-hydrogen) atoms. The van der Waals surface area contributed by atoms with E-state index in [-0.39, 0.29) is 0 Å². The second-order valence-corrected chi connectivity index (χ2v) is 5.43. The lowest BCUT2D eigenvalue weighted by atomic mass is 10.1. The molecule has 0 radical (unpaired) electrons. The number of pyridine rings is 1. The van der Waals surface area contributed by atoms with E-state index in [2.05, 4.69) is 58.8 Å². The van der Waals surface area contributed by atoms with E-state index in [0.29, 0.717) is 0 Å². The van der Waals surface area contributed by atoms with Crippen molar-refractivity contribution in [3.05, 3.63) is 35.9 Å².